The molecule has 7 nitrogen and oxygen atoms in total. The molecular weight excluding hydrogens is 370 g/mol. The van der Waals surface area contributed by atoms with Gasteiger partial charge in [0.15, 0.2) is 0 Å². The minimum absolute atomic E-state index is 0.0202. The Morgan fingerprint density at radius 3 is 2.03 bits per heavy atom. The van der Waals surface area contributed by atoms with E-state index in [2.05, 4.69) is 16.0 Å². The molecule has 0 fully saturated rings. The lowest BCUT2D eigenvalue weighted by Gasteiger charge is -2.24. The van der Waals surface area contributed by atoms with Gasteiger partial charge >= 0.3 is 12.0 Å². The highest BCUT2D eigenvalue weighted by Gasteiger charge is 2.28. The van der Waals surface area contributed by atoms with Gasteiger partial charge in [0.25, 0.3) is 5.91 Å². The number of benzene rings is 2. The highest BCUT2D eigenvalue weighted by Crippen LogP contribution is 2.24. The van der Waals surface area contributed by atoms with Gasteiger partial charge in [-0.1, -0.05) is 30.3 Å². The molecule has 0 aliphatic rings. The molecule has 2 aromatic rings. The van der Waals surface area contributed by atoms with Crippen molar-refractivity contribution in [3.05, 3.63) is 65.7 Å². The Kier molecular flexibility index (Phi) is 7.77. The molecular formula is C22H27N3O4. The monoisotopic (exact) mass is 397 g/mol. The van der Waals surface area contributed by atoms with E-state index < -0.39 is 17.9 Å². The van der Waals surface area contributed by atoms with Crippen LogP contribution in [0.4, 0.5) is 10.5 Å². The number of hydrogen-bond acceptors (Lipinski definition) is 4. The predicted molar refractivity (Wildman–Crippen MR) is 112 cm³/mol. The van der Waals surface area contributed by atoms with E-state index in [0.29, 0.717) is 11.3 Å². The molecule has 29 heavy (non-hydrogen) atoms. The van der Waals surface area contributed by atoms with Crippen molar-refractivity contribution in [1.82, 2.24) is 10.6 Å². The first-order chi connectivity index (χ1) is 13.8. The molecule has 3 amide bonds. The van der Waals surface area contributed by atoms with Crippen molar-refractivity contribution in [2.45, 2.75) is 32.9 Å². The van der Waals surface area contributed by atoms with E-state index in [1.165, 1.54) is 7.11 Å². The quantitative estimate of drug-likeness (QED) is 0.623. The zero-order valence-electron chi connectivity index (χ0n) is 17.1. The molecule has 2 rings (SSSR count). The first kappa shape index (κ1) is 21.9. The maximum Gasteiger partial charge on any atom is 0.319 e. The number of rotatable bonds is 7. The summed E-state index contributed by atoms with van der Waals surface area (Å²) in [6.07, 6.45) is 0. The van der Waals surface area contributed by atoms with E-state index >= 15 is 0 Å². The van der Waals surface area contributed by atoms with Crippen molar-refractivity contribution < 1.29 is 19.1 Å². The lowest BCUT2D eigenvalue weighted by Crippen LogP contribution is -2.36. The van der Waals surface area contributed by atoms with Gasteiger partial charge in [0.05, 0.1) is 19.1 Å². The van der Waals surface area contributed by atoms with E-state index in [9.17, 15) is 14.4 Å². The van der Waals surface area contributed by atoms with Gasteiger partial charge in [-0.2, -0.15) is 0 Å². The highest BCUT2D eigenvalue weighted by molar-refractivity contribution is 5.96. The van der Waals surface area contributed by atoms with E-state index in [1.807, 2.05) is 44.2 Å². The molecule has 0 spiro atoms. The van der Waals surface area contributed by atoms with Crippen LogP contribution in [0.5, 0.6) is 0 Å². The minimum atomic E-state index is -0.563. The fraction of sp³-hybridized carbons (Fsp3) is 0.318. The molecule has 0 heterocycles. The van der Waals surface area contributed by atoms with Crippen LogP contribution in [0.25, 0.3) is 0 Å². The summed E-state index contributed by atoms with van der Waals surface area (Å²) >= 11 is 0. The van der Waals surface area contributed by atoms with Crippen LogP contribution in [0.1, 0.15) is 42.7 Å². The van der Waals surface area contributed by atoms with E-state index in [4.69, 9.17) is 4.74 Å². The number of anilines is 1. The number of esters is 1. The van der Waals surface area contributed by atoms with Gasteiger partial charge in [-0.25, -0.2) is 4.79 Å². The summed E-state index contributed by atoms with van der Waals surface area (Å²) in [5, 5.41) is 8.34. The largest absolute Gasteiger partial charge is 0.469 e. The van der Waals surface area contributed by atoms with Crippen LogP contribution < -0.4 is 16.0 Å². The van der Waals surface area contributed by atoms with Crippen LogP contribution in [0.3, 0.4) is 0 Å². The number of carbonyl (C=O) groups is 3. The average Bonchev–Trinajstić information content (AvgIpc) is 2.71. The Balaban J connectivity index is 2.12. The smallest absolute Gasteiger partial charge is 0.319 e. The predicted octanol–water partition coefficient (Wildman–Crippen LogP) is 3.50. The minimum Gasteiger partial charge on any atom is -0.469 e. The van der Waals surface area contributed by atoms with Crippen molar-refractivity contribution >= 4 is 23.6 Å². The van der Waals surface area contributed by atoms with E-state index in [1.54, 1.807) is 31.2 Å². The normalized spacial score (nSPS) is 12.6. The van der Waals surface area contributed by atoms with Crippen molar-refractivity contribution in [2.75, 3.05) is 12.4 Å². The lowest BCUT2D eigenvalue weighted by atomic mass is 9.94. The summed E-state index contributed by atoms with van der Waals surface area (Å²) in [4.78, 5) is 36.6. The summed E-state index contributed by atoms with van der Waals surface area (Å²) < 4.78 is 4.85. The van der Waals surface area contributed by atoms with Crippen LogP contribution in [0.2, 0.25) is 0 Å². The highest BCUT2D eigenvalue weighted by atomic mass is 16.5. The standard InChI is InChI=1S/C22H27N3O4/c1-14(2)23-22(28)24-18-12-10-17(11-13-18)20(26)25-19(15(3)21(27)29-4)16-8-6-5-7-9-16/h5-15,19H,1-4H3,(H,25,26)(H2,23,24,28)/t15-,19-/m0/s1. The molecule has 0 bridgehead atoms. The number of urea groups is 1. The van der Waals surface area contributed by atoms with Gasteiger partial charge in [0.1, 0.15) is 0 Å². The Hall–Kier alpha value is -3.35. The van der Waals surface area contributed by atoms with E-state index in [0.717, 1.165) is 5.56 Å². The average molecular weight is 397 g/mol. The molecule has 7 heteroatoms. The maximum absolute atomic E-state index is 12.8. The van der Waals surface area contributed by atoms with Crippen molar-refractivity contribution in [3.63, 3.8) is 0 Å². The summed E-state index contributed by atoms with van der Waals surface area (Å²) in [6.45, 7) is 5.45. The summed E-state index contributed by atoms with van der Waals surface area (Å²) in [6, 6.07) is 15.0. The van der Waals surface area contributed by atoms with Crippen molar-refractivity contribution in [2.24, 2.45) is 5.92 Å². The molecule has 0 radical (unpaired) electrons. The molecule has 0 saturated heterocycles. The summed E-state index contributed by atoms with van der Waals surface area (Å²) in [7, 11) is 1.32. The second-order valence-electron chi connectivity index (χ2n) is 7.00. The number of hydrogen-bond donors (Lipinski definition) is 3. The fourth-order valence-corrected chi connectivity index (χ4v) is 2.84. The van der Waals surface area contributed by atoms with Crippen LogP contribution >= 0.6 is 0 Å². The van der Waals surface area contributed by atoms with Gasteiger partial charge in [0, 0.05) is 17.3 Å². The topological polar surface area (TPSA) is 96.5 Å². The van der Waals surface area contributed by atoms with Gasteiger partial charge < -0.3 is 20.7 Å². The number of amides is 3. The van der Waals surface area contributed by atoms with Crippen LogP contribution in [-0.4, -0.2) is 31.1 Å². The molecule has 0 aromatic heterocycles. The molecule has 0 saturated carbocycles. The van der Waals surface area contributed by atoms with Crippen LogP contribution in [-0.2, 0) is 9.53 Å². The Morgan fingerprint density at radius 1 is 0.862 bits per heavy atom. The van der Waals surface area contributed by atoms with Gasteiger partial charge in [-0.15, -0.1) is 0 Å². The molecule has 0 aliphatic carbocycles. The zero-order chi connectivity index (χ0) is 21.4. The Morgan fingerprint density at radius 2 is 1.48 bits per heavy atom. The Bertz CT molecular complexity index is 835. The van der Waals surface area contributed by atoms with Crippen molar-refractivity contribution in [1.29, 1.82) is 0 Å². The zero-order valence-corrected chi connectivity index (χ0v) is 17.1. The number of carbonyl (C=O) groups excluding carboxylic acids is 3. The molecule has 0 unspecified atom stereocenters. The number of ether oxygens (including phenoxy) is 1. The van der Waals surface area contributed by atoms with Gasteiger partial charge in [0.2, 0.25) is 0 Å². The number of methoxy groups -OCH3 is 1. The SMILES string of the molecule is COC(=O)[C@@H](C)[C@H](NC(=O)c1ccc(NC(=O)NC(C)C)cc1)c1ccccc1. The molecule has 2 aromatic carbocycles. The molecule has 0 aliphatic heterocycles. The second-order valence-corrected chi connectivity index (χ2v) is 7.00. The van der Waals surface area contributed by atoms with Gasteiger partial charge in [-0.3, -0.25) is 9.59 Å². The molecule has 2 atom stereocenters. The van der Waals surface area contributed by atoms with Gasteiger partial charge in [-0.05, 0) is 50.6 Å². The second kappa shape index (κ2) is 10.3. The third-order valence-corrected chi connectivity index (χ3v) is 4.34. The van der Waals surface area contributed by atoms with Crippen LogP contribution in [0.15, 0.2) is 54.6 Å². The summed E-state index contributed by atoms with van der Waals surface area (Å²) in [5.41, 5.74) is 1.79. The third-order valence-electron chi connectivity index (χ3n) is 4.34. The van der Waals surface area contributed by atoms with E-state index in [-0.39, 0.29) is 18.0 Å². The number of nitrogens with one attached hydrogen (secondary N) is 3. The fourth-order valence-electron chi connectivity index (χ4n) is 2.84. The van der Waals surface area contributed by atoms with Crippen LogP contribution in [0, 0.1) is 5.92 Å². The Labute approximate surface area is 170 Å². The molecule has 3 N–H and O–H groups in total. The van der Waals surface area contributed by atoms with Crippen molar-refractivity contribution in [3.8, 4) is 0 Å². The first-order valence-electron chi connectivity index (χ1n) is 9.43. The lowest BCUT2D eigenvalue weighted by molar-refractivity contribution is -0.145. The third kappa shape index (κ3) is 6.34. The summed E-state index contributed by atoms with van der Waals surface area (Å²) in [5.74, 6) is -1.30. The maximum atomic E-state index is 12.8. The molecule has 154 valence electrons. The first-order valence-corrected chi connectivity index (χ1v) is 9.43.